The van der Waals surface area contributed by atoms with E-state index in [0.717, 1.165) is 23.5 Å². The van der Waals surface area contributed by atoms with Crippen LogP contribution in [0.15, 0.2) is 61.2 Å². The van der Waals surface area contributed by atoms with Crippen LogP contribution < -0.4 is 5.32 Å². The molecule has 1 amide bonds. The second-order valence-corrected chi connectivity index (χ2v) is 6.22. The molecule has 0 fully saturated rings. The number of hydrogen-bond acceptors (Lipinski definition) is 3. The van der Waals surface area contributed by atoms with Crippen molar-refractivity contribution in [3.63, 3.8) is 0 Å². The topological polar surface area (TPSA) is 59.8 Å². The van der Waals surface area contributed by atoms with Crippen molar-refractivity contribution in [2.75, 3.05) is 6.54 Å². The van der Waals surface area contributed by atoms with E-state index in [9.17, 15) is 4.79 Å². The molecule has 0 radical (unpaired) electrons. The second-order valence-electron chi connectivity index (χ2n) is 6.22. The Hall–Kier alpha value is -2.95. The quantitative estimate of drug-likeness (QED) is 0.752. The maximum absolute atomic E-state index is 12.7. The fraction of sp³-hybridized carbons (Fsp3) is 0.250. The van der Waals surface area contributed by atoms with Gasteiger partial charge in [-0.3, -0.25) is 9.78 Å². The van der Waals surface area contributed by atoms with Crippen LogP contribution in [-0.4, -0.2) is 27.0 Å². The summed E-state index contributed by atoms with van der Waals surface area (Å²) < 4.78 is 2.10. The van der Waals surface area contributed by atoms with Gasteiger partial charge in [0.1, 0.15) is 5.82 Å². The summed E-state index contributed by atoms with van der Waals surface area (Å²) >= 11 is 0. The molecule has 0 bridgehead atoms. The molecule has 2 heterocycles. The van der Waals surface area contributed by atoms with E-state index < -0.39 is 0 Å². The Labute approximate surface area is 147 Å². The standard InChI is InChI=1S/C20H22N4O/c1-15(14-24-12-11-22-16(24)2)13-23-20(25)19-6-4-3-5-18(19)17-7-9-21-10-8-17/h3-12,15H,13-14H2,1-2H3,(H,23,25). The Morgan fingerprint density at radius 3 is 2.64 bits per heavy atom. The van der Waals surface area contributed by atoms with Crippen LogP contribution in [0.3, 0.4) is 0 Å². The minimum atomic E-state index is -0.0541. The first-order chi connectivity index (χ1) is 12.1. The molecule has 25 heavy (non-hydrogen) atoms. The number of rotatable bonds is 6. The first kappa shape index (κ1) is 16.9. The molecule has 1 N–H and O–H groups in total. The van der Waals surface area contributed by atoms with Gasteiger partial charge < -0.3 is 9.88 Å². The molecule has 0 saturated heterocycles. The van der Waals surface area contributed by atoms with Gasteiger partial charge in [0.25, 0.3) is 5.91 Å². The summed E-state index contributed by atoms with van der Waals surface area (Å²) in [4.78, 5) is 20.9. The minimum Gasteiger partial charge on any atom is -0.352 e. The van der Waals surface area contributed by atoms with Crippen molar-refractivity contribution in [2.45, 2.75) is 20.4 Å². The molecule has 1 aromatic carbocycles. The van der Waals surface area contributed by atoms with Crippen molar-refractivity contribution in [3.8, 4) is 11.1 Å². The highest BCUT2D eigenvalue weighted by Gasteiger charge is 2.13. The van der Waals surface area contributed by atoms with Crippen molar-refractivity contribution >= 4 is 5.91 Å². The lowest BCUT2D eigenvalue weighted by Crippen LogP contribution is -2.30. The molecule has 0 aliphatic carbocycles. The number of hydrogen-bond donors (Lipinski definition) is 1. The van der Waals surface area contributed by atoms with Gasteiger partial charge >= 0.3 is 0 Å². The number of nitrogens with zero attached hydrogens (tertiary/aromatic N) is 3. The first-order valence-corrected chi connectivity index (χ1v) is 8.40. The van der Waals surface area contributed by atoms with Gasteiger partial charge in [-0.15, -0.1) is 0 Å². The van der Waals surface area contributed by atoms with Gasteiger partial charge in [-0.05, 0) is 42.2 Å². The van der Waals surface area contributed by atoms with Gasteiger partial charge in [0.2, 0.25) is 0 Å². The first-order valence-electron chi connectivity index (χ1n) is 8.40. The molecular formula is C20H22N4O. The molecular weight excluding hydrogens is 312 g/mol. The van der Waals surface area contributed by atoms with Crippen molar-refractivity contribution in [2.24, 2.45) is 5.92 Å². The zero-order chi connectivity index (χ0) is 17.6. The Morgan fingerprint density at radius 2 is 1.92 bits per heavy atom. The Bertz CT molecular complexity index is 842. The van der Waals surface area contributed by atoms with Gasteiger partial charge in [0.15, 0.2) is 0 Å². The molecule has 1 atom stereocenters. The SMILES string of the molecule is Cc1nccn1CC(C)CNC(=O)c1ccccc1-c1ccncc1. The lowest BCUT2D eigenvalue weighted by atomic mass is 10.00. The smallest absolute Gasteiger partial charge is 0.251 e. The highest BCUT2D eigenvalue weighted by molar-refractivity contribution is 6.00. The number of carbonyl (C=O) groups is 1. The summed E-state index contributed by atoms with van der Waals surface area (Å²) in [7, 11) is 0. The van der Waals surface area contributed by atoms with E-state index >= 15 is 0 Å². The summed E-state index contributed by atoms with van der Waals surface area (Å²) in [5.41, 5.74) is 2.59. The van der Waals surface area contributed by atoms with Gasteiger partial charge in [0.05, 0.1) is 0 Å². The molecule has 0 saturated carbocycles. The van der Waals surface area contributed by atoms with E-state index in [1.165, 1.54) is 0 Å². The van der Waals surface area contributed by atoms with Crippen LogP contribution >= 0.6 is 0 Å². The summed E-state index contributed by atoms with van der Waals surface area (Å²) in [5.74, 6) is 1.24. The number of pyridine rings is 1. The number of aryl methyl sites for hydroxylation is 1. The molecule has 0 spiro atoms. The number of benzene rings is 1. The molecule has 128 valence electrons. The number of imidazole rings is 1. The van der Waals surface area contributed by atoms with Crippen LogP contribution in [0.1, 0.15) is 23.1 Å². The van der Waals surface area contributed by atoms with E-state index in [-0.39, 0.29) is 5.91 Å². The summed E-state index contributed by atoms with van der Waals surface area (Å²) in [6.45, 7) is 5.55. The molecule has 0 aliphatic heterocycles. The highest BCUT2D eigenvalue weighted by Crippen LogP contribution is 2.22. The molecule has 3 rings (SSSR count). The van der Waals surface area contributed by atoms with E-state index in [0.29, 0.717) is 18.0 Å². The highest BCUT2D eigenvalue weighted by atomic mass is 16.1. The lowest BCUT2D eigenvalue weighted by Gasteiger charge is -2.15. The molecule has 2 aromatic heterocycles. The average molecular weight is 334 g/mol. The fourth-order valence-electron chi connectivity index (χ4n) is 2.82. The summed E-state index contributed by atoms with van der Waals surface area (Å²) in [6, 6.07) is 11.5. The predicted octanol–water partition coefficient (Wildman–Crippen LogP) is 3.32. The van der Waals surface area contributed by atoms with Crippen LogP contribution in [0.4, 0.5) is 0 Å². The summed E-state index contributed by atoms with van der Waals surface area (Å²) in [5, 5.41) is 3.05. The van der Waals surface area contributed by atoms with Crippen molar-refractivity contribution in [1.29, 1.82) is 0 Å². The molecule has 5 nitrogen and oxygen atoms in total. The Kier molecular flexibility index (Phi) is 5.23. The minimum absolute atomic E-state index is 0.0541. The third-order valence-electron chi connectivity index (χ3n) is 4.21. The molecule has 3 aromatic rings. The number of aromatic nitrogens is 3. The zero-order valence-electron chi connectivity index (χ0n) is 14.5. The van der Waals surface area contributed by atoms with Crippen LogP contribution in [0.5, 0.6) is 0 Å². The monoisotopic (exact) mass is 334 g/mol. The van der Waals surface area contributed by atoms with Gasteiger partial charge in [-0.2, -0.15) is 0 Å². The fourth-order valence-corrected chi connectivity index (χ4v) is 2.82. The van der Waals surface area contributed by atoms with Crippen molar-refractivity contribution in [1.82, 2.24) is 19.9 Å². The van der Waals surface area contributed by atoms with Crippen LogP contribution in [0.2, 0.25) is 0 Å². The Balaban J connectivity index is 1.67. The van der Waals surface area contributed by atoms with Gasteiger partial charge in [-0.1, -0.05) is 25.1 Å². The maximum atomic E-state index is 12.7. The predicted molar refractivity (Wildman–Crippen MR) is 98.1 cm³/mol. The van der Waals surface area contributed by atoms with E-state index in [4.69, 9.17) is 0 Å². The normalized spacial score (nSPS) is 11.9. The van der Waals surface area contributed by atoms with Crippen molar-refractivity contribution < 1.29 is 4.79 Å². The van der Waals surface area contributed by atoms with Crippen molar-refractivity contribution in [3.05, 3.63) is 72.6 Å². The second kappa shape index (κ2) is 7.75. The van der Waals surface area contributed by atoms with Gasteiger partial charge in [0, 0.05) is 43.4 Å². The molecule has 5 heteroatoms. The van der Waals surface area contributed by atoms with Gasteiger partial charge in [-0.25, -0.2) is 4.98 Å². The number of carbonyl (C=O) groups excluding carboxylic acids is 1. The molecule has 0 aliphatic rings. The Morgan fingerprint density at radius 1 is 1.16 bits per heavy atom. The largest absolute Gasteiger partial charge is 0.352 e. The average Bonchev–Trinajstić information content (AvgIpc) is 3.05. The van der Waals surface area contributed by atoms with Crippen LogP contribution in [-0.2, 0) is 6.54 Å². The van der Waals surface area contributed by atoms with E-state index in [1.807, 2.05) is 49.5 Å². The maximum Gasteiger partial charge on any atom is 0.251 e. The zero-order valence-corrected chi connectivity index (χ0v) is 14.5. The third-order valence-corrected chi connectivity index (χ3v) is 4.21. The van der Waals surface area contributed by atoms with Crippen LogP contribution in [0.25, 0.3) is 11.1 Å². The number of amides is 1. The number of nitrogens with one attached hydrogen (secondary N) is 1. The molecule has 1 unspecified atom stereocenters. The summed E-state index contributed by atoms with van der Waals surface area (Å²) in [6.07, 6.45) is 7.23. The van der Waals surface area contributed by atoms with E-state index in [1.54, 1.807) is 18.6 Å². The van der Waals surface area contributed by atoms with Crippen LogP contribution in [0, 0.1) is 12.8 Å². The lowest BCUT2D eigenvalue weighted by molar-refractivity contribution is 0.0947. The van der Waals surface area contributed by atoms with E-state index in [2.05, 4.69) is 26.8 Å². The third kappa shape index (κ3) is 4.12.